The molecule has 3 fully saturated rings. The van der Waals surface area contributed by atoms with Crippen LogP contribution in [0, 0.1) is 17.8 Å². The molecule has 3 saturated heterocycles. The van der Waals surface area contributed by atoms with Crippen molar-refractivity contribution in [1.29, 1.82) is 0 Å². The van der Waals surface area contributed by atoms with E-state index in [9.17, 15) is 19.5 Å². The van der Waals surface area contributed by atoms with Crippen molar-refractivity contribution in [2.75, 3.05) is 26.3 Å². The minimum atomic E-state index is -1.14. The zero-order chi connectivity index (χ0) is 25.2. The molecule has 2 amide bonds. The molecule has 0 aromatic heterocycles. The first kappa shape index (κ1) is 27.1. The molecule has 7 atom stereocenters. The highest BCUT2D eigenvalue weighted by Crippen LogP contribution is 2.60. The summed E-state index contributed by atoms with van der Waals surface area (Å²) in [5.74, 6) is -2.68. The third-order valence-corrected chi connectivity index (χ3v) is 8.37. The van der Waals surface area contributed by atoms with E-state index in [4.69, 9.17) is 9.47 Å². The molecule has 192 valence electrons. The van der Waals surface area contributed by atoms with Crippen LogP contribution in [0.2, 0.25) is 0 Å². The van der Waals surface area contributed by atoms with Gasteiger partial charge in [0.2, 0.25) is 11.8 Å². The van der Waals surface area contributed by atoms with Crippen LogP contribution in [0.15, 0.2) is 12.7 Å². The summed E-state index contributed by atoms with van der Waals surface area (Å²) in [7, 11) is 0. The average Bonchev–Trinajstić information content (AvgIpc) is 3.37. The molecule has 3 unspecified atom stereocenters. The lowest BCUT2D eigenvalue weighted by Gasteiger charge is -2.40. The van der Waals surface area contributed by atoms with Crippen LogP contribution in [-0.4, -0.2) is 87.6 Å². The fraction of sp³-hybridized carbons (Fsp3) is 0.800. The number of alkyl halides is 1. The Labute approximate surface area is 211 Å². The van der Waals surface area contributed by atoms with E-state index in [2.05, 4.69) is 29.4 Å². The Bertz CT molecular complexity index is 791. The summed E-state index contributed by atoms with van der Waals surface area (Å²) >= 11 is 3.65. The van der Waals surface area contributed by atoms with Gasteiger partial charge in [-0.1, -0.05) is 55.6 Å². The number of aliphatic hydroxyl groups excluding tert-OH is 1. The molecule has 0 aromatic rings. The van der Waals surface area contributed by atoms with Gasteiger partial charge < -0.3 is 24.4 Å². The van der Waals surface area contributed by atoms with Crippen molar-refractivity contribution in [2.24, 2.45) is 17.8 Å². The van der Waals surface area contributed by atoms with Crippen LogP contribution in [-0.2, 0) is 23.9 Å². The summed E-state index contributed by atoms with van der Waals surface area (Å²) in [4.78, 5) is 44.2. The number of esters is 1. The minimum Gasteiger partial charge on any atom is -0.466 e. The van der Waals surface area contributed by atoms with E-state index in [-0.39, 0.29) is 35.8 Å². The van der Waals surface area contributed by atoms with Crippen LogP contribution in [0.5, 0.6) is 0 Å². The number of fused-ring (bicyclic) bond motifs is 1. The Hall–Kier alpha value is -1.45. The summed E-state index contributed by atoms with van der Waals surface area (Å²) in [6.45, 7) is 12.3. The first-order chi connectivity index (χ1) is 16.2. The predicted octanol–water partition coefficient (Wildman–Crippen LogP) is 2.52. The number of nitrogens with zero attached hydrogens (tertiary/aromatic N) is 2. The van der Waals surface area contributed by atoms with Crippen LogP contribution in [0.1, 0.15) is 53.4 Å². The molecule has 2 bridgehead atoms. The van der Waals surface area contributed by atoms with Crippen LogP contribution in [0.4, 0.5) is 0 Å². The summed E-state index contributed by atoms with van der Waals surface area (Å²) < 4.78 is 11.8. The molecule has 0 saturated carbocycles. The summed E-state index contributed by atoms with van der Waals surface area (Å²) in [5, 5.41) is 10.3. The summed E-state index contributed by atoms with van der Waals surface area (Å²) in [6.07, 6.45) is 4.44. The number of unbranched alkanes of at least 4 members (excludes halogenated alkanes) is 2. The maximum absolute atomic E-state index is 14.2. The van der Waals surface area contributed by atoms with E-state index >= 15 is 0 Å². The first-order valence-electron chi connectivity index (χ1n) is 12.5. The van der Waals surface area contributed by atoms with Gasteiger partial charge in [0.05, 0.1) is 37.2 Å². The lowest BCUT2D eigenvalue weighted by Crippen LogP contribution is -2.60. The molecule has 0 aromatic carbocycles. The highest BCUT2D eigenvalue weighted by Gasteiger charge is 2.77. The Morgan fingerprint density at radius 2 is 2.09 bits per heavy atom. The Balaban J connectivity index is 2.08. The smallest absolute Gasteiger partial charge is 0.312 e. The van der Waals surface area contributed by atoms with Gasteiger partial charge in [0.25, 0.3) is 0 Å². The fourth-order valence-corrected chi connectivity index (χ4v) is 6.95. The third kappa shape index (κ3) is 4.44. The molecular formula is C25H39BrN2O6. The largest absolute Gasteiger partial charge is 0.466 e. The molecule has 0 radical (unpaired) electrons. The Morgan fingerprint density at radius 1 is 1.38 bits per heavy atom. The summed E-state index contributed by atoms with van der Waals surface area (Å²) in [5.41, 5.74) is -1.14. The highest BCUT2D eigenvalue weighted by molar-refractivity contribution is 9.09. The Kier molecular flexibility index (Phi) is 8.85. The molecule has 0 aliphatic carbocycles. The van der Waals surface area contributed by atoms with E-state index in [1.807, 2.05) is 13.8 Å². The van der Waals surface area contributed by atoms with Crippen molar-refractivity contribution >= 4 is 33.7 Å². The highest BCUT2D eigenvalue weighted by atomic mass is 79.9. The van der Waals surface area contributed by atoms with E-state index in [0.29, 0.717) is 19.5 Å². The molecule has 1 N–H and O–H groups in total. The Morgan fingerprint density at radius 3 is 2.65 bits per heavy atom. The molecule has 3 aliphatic heterocycles. The number of aliphatic hydroxyl groups is 1. The zero-order valence-corrected chi connectivity index (χ0v) is 22.3. The van der Waals surface area contributed by atoms with Crippen molar-refractivity contribution in [3.8, 4) is 0 Å². The topological polar surface area (TPSA) is 96.4 Å². The number of halogens is 1. The van der Waals surface area contributed by atoms with Crippen molar-refractivity contribution in [3.05, 3.63) is 12.7 Å². The molecule has 9 heteroatoms. The van der Waals surface area contributed by atoms with Crippen molar-refractivity contribution < 1.29 is 29.0 Å². The molecule has 3 rings (SSSR count). The molecular weight excluding hydrogens is 504 g/mol. The van der Waals surface area contributed by atoms with Gasteiger partial charge in [-0.05, 0) is 25.7 Å². The van der Waals surface area contributed by atoms with E-state index < -0.39 is 41.6 Å². The summed E-state index contributed by atoms with van der Waals surface area (Å²) in [6, 6.07) is -1.49. The minimum absolute atomic E-state index is 0.0922. The van der Waals surface area contributed by atoms with Crippen molar-refractivity contribution in [3.63, 3.8) is 0 Å². The van der Waals surface area contributed by atoms with Gasteiger partial charge in [-0.3, -0.25) is 14.4 Å². The van der Waals surface area contributed by atoms with Gasteiger partial charge in [0.1, 0.15) is 11.6 Å². The monoisotopic (exact) mass is 542 g/mol. The number of likely N-dealkylation sites (tertiary alicyclic amines) is 1. The van der Waals surface area contributed by atoms with E-state index in [1.165, 1.54) is 4.90 Å². The van der Waals surface area contributed by atoms with Crippen molar-refractivity contribution in [2.45, 2.75) is 82.0 Å². The normalized spacial score (nSPS) is 32.7. The number of amides is 2. The first-order valence-corrected chi connectivity index (χ1v) is 13.4. The lowest BCUT2D eigenvalue weighted by atomic mass is 9.70. The van der Waals surface area contributed by atoms with Crippen LogP contribution >= 0.6 is 15.9 Å². The van der Waals surface area contributed by atoms with E-state index in [1.54, 1.807) is 17.9 Å². The second-order valence-corrected chi connectivity index (χ2v) is 11.1. The van der Waals surface area contributed by atoms with Crippen LogP contribution < -0.4 is 0 Å². The molecule has 1 spiro atoms. The van der Waals surface area contributed by atoms with E-state index in [0.717, 1.165) is 19.3 Å². The molecule has 3 aliphatic rings. The number of hydrogen-bond donors (Lipinski definition) is 1. The molecule has 34 heavy (non-hydrogen) atoms. The van der Waals surface area contributed by atoms with Gasteiger partial charge >= 0.3 is 5.97 Å². The van der Waals surface area contributed by atoms with Gasteiger partial charge in [0, 0.05) is 17.9 Å². The van der Waals surface area contributed by atoms with Crippen molar-refractivity contribution in [1.82, 2.24) is 9.80 Å². The maximum Gasteiger partial charge on any atom is 0.312 e. The van der Waals surface area contributed by atoms with Gasteiger partial charge in [0.15, 0.2) is 0 Å². The second-order valence-electron chi connectivity index (χ2n) is 9.94. The van der Waals surface area contributed by atoms with Gasteiger partial charge in [-0.15, -0.1) is 6.58 Å². The third-order valence-electron chi connectivity index (χ3n) is 7.53. The number of carbonyl (C=O) groups excluding carboxylic acids is 3. The number of rotatable bonds is 12. The quantitative estimate of drug-likeness (QED) is 0.176. The lowest BCUT2D eigenvalue weighted by molar-refractivity contribution is -0.156. The SMILES string of the molecule is C=CCN(CCCCC)C(=O)C1N([C@@H](CO)C(C)C)C(=O)[C@@H]2[C@H](C(=O)OCC)[C@H]3OC12CC3Br. The number of carbonyl (C=O) groups is 3. The zero-order valence-electron chi connectivity index (χ0n) is 20.7. The molecule has 8 nitrogen and oxygen atoms in total. The van der Waals surface area contributed by atoms with Crippen LogP contribution in [0.3, 0.4) is 0 Å². The van der Waals surface area contributed by atoms with Gasteiger partial charge in [-0.2, -0.15) is 0 Å². The predicted molar refractivity (Wildman–Crippen MR) is 131 cm³/mol. The fourth-order valence-electron chi connectivity index (χ4n) is 6.00. The number of hydrogen-bond acceptors (Lipinski definition) is 6. The standard InChI is InChI=1S/C25H39BrN2O6/c1-6-9-10-12-27(11-7-2)23(31)21-25-13-16(26)20(34-25)18(24(32)33-8-3)19(25)22(30)28(21)17(14-29)15(4)5/h7,15-21,29H,2,6,8-14H2,1,3-5H3/t16?,17-,18-,19-,20-,21?,25?/m0/s1. The average molecular weight is 543 g/mol. The number of ether oxygens (including phenoxy) is 2. The van der Waals surface area contributed by atoms with Crippen LogP contribution in [0.25, 0.3) is 0 Å². The maximum atomic E-state index is 14.2. The second kappa shape index (κ2) is 11.1. The molecule has 3 heterocycles. The van der Waals surface area contributed by atoms with Gasteiger partial charge in [-0.25, -0.2) is 0 Å².